The predicted molar refractivity (Wildman–Crippen MR) is 78.0 cm³/mol. The summed E-state index contributed by atoms with van der Waals surface area (Å²) in [5.74, 6) is 2.22. The van der Waals surface area contributed by atoms with Gasteiger partial charge in [-0.05, 0) is 52.3 Å². The zero-order chi connectivity index (χ0) is 13.1. The van der Waals surface area contributed by atoms with Crippen LogP contribution in [0.5, 0.6) is 0 Å². The second-order valence-corrected chi connectivity index (χ2v) is 5.14. The fourth-order valence-electron chi connectivity index (χ4n) is 2.72. The number of piperidine rings is 1. The minimum Gasteiger partial charge on any atom is -0.466 e. The van der Waals surface area contributed by atoms with Gasteiger partial charge in [-0.1, -0.05) is 0 Å². The predicted octanol–water partition coefficient (Wildman–Crippen LogP) is 2.39. The number of likely N-dealkylation sites (tertiary alicyclic amines) is 1. The lowest BCUT2D eigenvalue weighted by Gasteiger charge is -2.32. The molecule has 1 amide bonds. The molecule has 1 aliphatic rings. The Kier molecular flexibility index (Phi) is 5.88. The van der Waals surface area contributed by atoms with E-state index < -0.39 is 0 Å². The van der Waals surface area contributed by atoms with E-state index in [1.807, 2.05) is 31.9 Å². The lowest BCUT2D eigenvalue weighted by atomic mass is 9.97. The van der Waals surface area contributed by atoms with E-state index in [1.54, 1.807) is 0 Å². The van der Waals surface area contributed by atoms with Crippen molar-refractivity contribution in [3.63, 3.8) is 0 Å². The van der Waals surface area contributed by atoms with E-state index in [9.17, 15) is 4.79 Å². The maximum atomic E-state index is 12.4. The van der Waals surface area contributed by atoms with Crippen LogP contribution in [0.4, 0.5) is 0 Å². The van der Waals surface area contributed by atoms with Crippen molar-refractivity contribution in [2.45, 2.75) is 26.7 Å². The molecule has 1 saturated heterocycles. The van der Waals surface area contributed by atoms with Crippen LogP contribution in [-0.2, 0) is 0 Å². The first-order chi connectivity index (χ1) is 8.61. The molecule has 4 nitrogen and oxygen atoms in total. The van der Waals surface area contributed by atoms with E-state index in [1.165, 1.54) is 6.42 Å². The number of hydrogen-bond acceptors (Lipinski definition) is 3. The van der Waals surface area contributed by atoms with Gasteiger partial charge in [0.25, 0.3) is 5.91 Å². The summed E-state index contributed by atoms with van der Waals surface area (Å²) in [5, 5.41) is 3.20. The topological polar surface area (TPSA) is 45.5 Å². The Morgan fingerprint density at radius 1 is 1.53 bits per heavy atom. The second kappa shape index (κ2) is 6.96. The molecule has 1 atom stereocenters. The number of nitrogens with one attached hydrogen (secondary N) is 1. The summed E-state index contributed by atoms with van der Waals surface area (Å²) in [7, 11) is 1.96. The van der Waals surface area contributed by atoms with Crippen LogP contribution in [0, 0.1) is 19.8 Å². The van der Waals surface area contributed by atoms with Crippen LogP contribution < -0.4 is 5.32 Å². The molecule has 1 unspecified atom stereocenters. The SMILES string of the molecule is CNCC1CCCN(C(=O)c2cc(C)oc2C)C1.Cl. The van der Waals surface area contributed by atoms with E-state index in [4.69, 9.17) is 4.42 Å². The molecule has 2 rings (SSSR count). The van der Waals surface area contributed by atoms with Crippen LogP contribution in [-0.4, -0.2) is 37.5 Å². The van der Waals surface area contributed by atoms with Crippen molar-refractivity contribution in [1.82, 2.24) is 10.2 Å². The fourth-order valence-corrected chi connectivity index (χ4v) is 2.72. The molecule has 1 fully saturated rings. The van der Waals surface area contributed by atoms with Crippen molar-refractivity contribution in [2.24, 2.45) is 5.92 Å². The summed E-state index contributed by atoms with van der Waals surface area (Å²) >= 11 is 0. The van der Waals surface area contributed by atoms with Gasteiger partial charge in [-0.2, -0.15) is 0 Å². The molecule has 0 bridgehead atoms. The second-order valence-electron chi connectivity index (χ2n) is 5.14. The van der Waals surface area contributed by atoms with Gasteiger partial charge in [-0.25, -0.2) is 0 Å². The maximum Gasteiger partial charge on any atom is 0.257 e. The van der Waals surface area contributed by atoms with Crippen molar-refractivity contribution in [1.29, 1.82) is 0 Å². The average molecular weight is 287 g/mol. The van der Waals surface area contributed by atoms with Gasteiger partial charge in [-0.15, -0.1) is 12.4 Å². The highest BCUT2D eigenvalue weighted by Crippen LogP contribution is 2.21. The summed E-state index contributed by atoms with van der Waals surface area (Å²) in [6.45, 7) is 6.43. The van der Waals surface area contributed by atoms with Gasteiger partial charge >= 0.3 is 0 Å². The standard InChI is InChI=1S/C14H22N2O2.ClH/c1-10-7-13(11(2)18-10)14(17)16-6-4-5-12(9-16)8-15-3;/h7,12,15H,4-6,8-9H2,1-3H3;1H. The highest BCUT2D eigenvalue weighted by Gasteiger charge is 2.26. The summed E-state index contributed by atoms with van der Waals surface area (Å²) in [6, 6.07) is 1.85. The number of carbonyl (C=O) groups is 1. The third-order valence-electron chi connectivity index (χ3n) is 3.57. The number of carbonyl (C=O) groups excluding carboxylic acids is 1. The molecule has 0 saturated carbocycles. The number of halogens is 1. The Hall–Kier alpha value is -1.00. The Balaban J connectivity index is 0.00000180. The quantitative estimate of drug-likeness (QED) is 0.928. The fraction of sp³-hybridized carbons (Fsp3) is 0.643. The van der Waals surface area contributed by atoms with E-state index in [0.29, 0.717) is 5.92 Å². The maximum absolute atomic E-state index is 12.4. The van der Waals surface area contributed by atoms with Crippen LogP contribution in [0.2, 0.25) is 0 Å². The first kappa shape index (κ1) is 16.1. The molecule has 1 N–H and O–H groups in total. The van der Waals surface area contributed by atoms with Crippen LogP contribution in [0.3, 0.4) is 0 Å². The summed E-state index contributed by atoms with van der Waals surface area (Å²) in [4.78, 5) is 14.4. The van der Waals surface area contributed by atoms with Gasteiger partial charge in [-0.3, -0.25) is 4.79 Å². The van der Waals surface area contributed by atoms with E-state index >= 15 is 0 Å². The van der Waals surface area contributed by atoms with Gasteiger partial charge in [0, 0.05) is 13.1 Å². The van der Waals surface area contributed by atoms with Crippen molar-refractivity contribution >= 4 is 18.3 Å². The van der Waals surface area contributed by atoms with Crippen LogP contribution >= 0.6 is 12.4 Å². The molecule has 1 aliphatic heterocycles. The lowest BCUT2D eigenvalue weighted by molar-refractivity contribution is 0.0672. The number of nitrogens with zero attached hydrogens (tertiary/aromatic N) is 1. The van der Waals surface area contributed by atoms with Crippen molar-refractivity contribution in [2.75, 3.05) is 26.7 Å². The zero-order valence-corrected chi connectivity index (χ0v) is 12.7. The third kappa shape index (κ3) is 3.74. The van der Waals surface area contributed by atoms with Gasteiger partial charge < -0.3 is 14.6 Å². The number of furan rings is 1. The molecule has 5 heteroatoms. The Morgan fingerprint density at radius 2 is 2.26 bits per heavy atom. The first-order valence-corrected chi connectivity index (χ1v) is 6.62. The normalized spacial score (nSPS) is 19.1. The number of hydrogen-bond donors (Lipinski definition) is 1. The van der Waals surface area contributed by atoms with Gasteiger partial charge in [0.2, 0.25) is 0 Å². The molecule has 1 aromatic rings. The first-order valence-electron chi connectivity index (χ1n) is 6.62. The summed E-state index contributed by atoms with van der Waals surface area (Å²) in [6.07, 6.45) is 2.29. The molecule has 0 radical (unpaired) electrons. The van der Waals surface area contributed by atoms with Crippen molar-refractivity contribution in [3.8, 4) is 0 Å². The van der Waals surface area contributed by atoms with Crippen LogP contribution in [0.15, 0.2) is 10.5 Å². The Labute approximate surface area is 120 Å². The molecule has 108 valence electrons. The van der Waals surface area contributed by atoms with Crippen LogP contribution in [0.1, 0.15) is 34.7 Å². The minimum absolute atomic E-state index is 0. The monoisotopic (exact) mass is 286 g/mol. The third-order valence-corrected chi connectivity index (χ3v) is 3.57. The molecule has 0 spiro atoms. The Bertz CT molecular complexity index is 429. The molecule has 19 heavy (non-hydrogen) atoms. The van der Waals surface area contributed by atoms with E-state index in [2.05, 4.69) is 5.32 Å². The smallest absolute Gasteiger partial charge is 0.257 e. The average Bonchev–Trinajstić information content (AvgIpc) is 2.68. The zero-order valence-electron chi connectivity index (χ0n) is 11.9. The number of rotatable bonds is 3. The van der Waals surface area contributed by atoms with E-state index in [0.717, 1.165) is 43.1 Å². The largest absolute Gasteiger partial charge is 0.466 e. The number of amides is 1. The Morgan fingerprint density at radius 3 is 2.84 bits per heavy atom. The van der Waals surface area contributed by atoms with Crippen molar-refractivity contribution < 1.29 is 9.21 Å². The number of aryl methyl sites for hydroxylation is 2. The minimum atomic E-state index is 0. The van der Waals surface area contributed by atoms with Gasteiger partial charge in [0.15, 0.2) is 0 Å². The van der Waals surface area contributed by atoms with Crippen molar-refractivity contribution in [3.05, 3.63) is 23.2 Å². The molecule has 2 heterocycles. The lowest BCUT2D eigenvalue weighted by Crippen LogP contribution is -2.42. The highest BCUT2D eigenvalue weighted by molar-refractivity contribution is 5.95. The summed E-state index contributed by atoms with van der Waals surface area (Å²) < 4.78 is 5.44. The molecular weight excluding hydrogens is 264 g/mol. The van der Waals surface area contributed by atoms with Gasteiger partial charge in [0.05, 0.1) is 5.56 Å². The highest BCUT2D eigenvalue weighted by atomic mass is 35.5. The summed E-state index contributed by atoms with van der Waals surface area (Å²) in [5.41, 5.74) is 0.720. The molecule has 0 aliphatic carbocycles. The molecule has 0 aromatic carbocycles. The van der Waals surface area contributed by atoms with Crippen LogP contribution in [0.25, 0.3) is 0 Å². The van der Waals surface area contributed by atoms with Gasteiger partial charge in [0.1, 0.15) is 11.5 Å². The molecular formula is C14H23ClN2O2. The van der Waals surface area contributed by atoms with E-state index in [-0.39, 0.29) is 18.3 Å². The molecule has 1 aromatic heterocycles.